The van der Waals surface area contributed by atoms with Crippen molar-refractivity contribution >= 4 is 29.3 Å². The number of ether oxygens (including phenoxy) is 1. The molecule has 3 nitrogen and oxygen atoms in total. The Labute approximate surface area is 152 Å². The predicted molar refractivity (Wildman–Crippen MR) is 101 cm³/mol. The molecule has 24 heavy (non-hydrogen) atoms. The highest BCUT2D eigenvalue weighted by Crippen LogP contribution is 2.22. The largest absolute Gasteiger partial charge is 0.481 e. The molecule has 2 aromatic carbocycles. The Morgan fingerprint density at radius 3 is 2.58 bits per heavy atom. The van der Waals surface area contributed by atoms with E-state index in [0.29, 0.717) is 17.3 Å². The van der Waals surface area contributed by atoms with Gasteiger partial charge in [-0.15, -0.1) is 11.8 Å². The number of thioether (sulfide) groups is 1. The Bertz CT molecular complexity index is 688. The summed E-state index contributed by atoms with van der Waals surface area (Å²) in [6.45, 7) is 6.32. The molecule has 0 aliphatic carbocycles. The fourth-order valence-corrected chi connectivity index (χ4v) is 2.96. The Kier molecular flexibility index (Phi) is 7.00. The van der Waals surface area contributed by atoms with Gasteiger partial charge in [-0.25, -0.2) is 0 Å². The Morgan fingerprint density at radius 2 is 1.92 bits per heavy atom. The highest BCUT2D eigenvalue weighted by Gasteiger charge is 2.14. The summed E-state index contributed by atoms with van der Waals surface area (Å²) >= 11 is 7.71. The van der Waals surface area contributed by atoms with Crippen molar-refractivity contribution in [3.8, 4) is 5.75 Å². The van der Waals surface area contributed by atoms with Crippen LogP contribution in [0.2, 0.25) is 5.02 Å². The first-order valence-corrected chi connectivity index (χ1v) is 9.22. The van der Waals surface area contributed by atoms with E-state index in [4.69, 9.17) is 16.3 Å². The molecule has 128 valence electrons. The smallest absolute Gasteiger partial charge is 0.260 e. The molecule has 0 aliphatic rings. The monoisotopic (exact) mass is 363 g/mol. The van der Waals surface area contributed by atoms with Gasteiger partial charge in [-0.2, -0.15) is 0 Å². The molecule has 0 aliphatic heterocycles. The number of amides is 1. The zero-order chi connectivity index (χ0) is 17.5. The number of aryl methyl sites for hydroxylation is 2. The maximum absolute atomic E-state index is 12.1. The van der Waals surface area contributed by atoms with E-state index >= 15 is 0 Å². The van der Waals surface area contributed by atoms with Gasteiger partial charge < -0.3 is 10.1 Å². The quantitative estimate of drug-likeness (QED) is 0.575. The second-order valence-corrected chi connectivity index (χ2v) is 7.20. The standard InChI is InChI=1S/C19H22ClNO2S/c1-13-4-7-17(8-5-13)24-11-10-21-19(22)15(3)23-16-6-9-18(20)14(2)12-16/h4-9,12,15H,10-11H2,1-3H3,(H,21,22). The van der Waals surface area contributed by atoms with Crippen LogP contribution in [-0.4, -0.2) is 24.3 Å². The molecule has 0 radical (unpaired) electrons. The lowest BCUT2D eigenvalue weighted by atomic mass is 10.2. The van der Waals surface area contributed by atoms with Gasteiger partial charge in [0, 0.05) is 22.2 Å². The second-order valence-electron chi connectivity index (χ2n) is 5.62. The van der Waals surface area contributed by atoms with E-state index in [9.17, 15) is 4.79 Å². The number of halogens is 1. The highest BCUT2D eigenvalue weighted by atomic mass is 35.5. The summed E-state index contributed by atoms with van der Waals surface area (Å²) < 4.78 is 5.66. The SMILES string of the molecule is Cc1ccc(SCCNC(=O)C(C)Oc2ccc(Cl)c(C)c2)cc1. The number of hydrogen-bond acceptors (Lipinski definition) is 3. The molecule has 2 aromatic rings. The topological polar surface area (TPSA) is 38.3 Å². The molecule has 1 N–H and O–H groups in total. The van der Waals surface area contributed by atoms with Gasteiger partial charge in [0.15, 0.2) is 6.10 Å². The minimum absolute atomic E-state index is 0.118. The number of nitrogens with one attached hydrogen (secondary N) is 1. The van der Waals surface area contributed by atoms with Crippen molar-refractivity contribution in [2.75, 3.05) is 12.3 Å². The molecule has 1 atom stereocenters. The maximum Gasteiger partial charge on any atom is 0.260 e. The molecule has 0 spiro atoms. The number of hydrogen-bond donors (Lipinski definition) is 1. The van der Waals surface area contributed by atoms with E-state index < -0.39 is 6.10 Å². The molecule has 1 amide bonds. The van der Waals surface area contributed by atoms with Crippen LogP contribution in [0.1, 0.15) is 18.1 Å². The molecule has 0 fully saturated rings. The average molecular weight is 364 g/mol. The maximum atomic E-state index is 12.1. The van der Waals surface area contributed by atoms with Crippen LogP contribution in [0.4, 0.5) is 0 Å². The fraction of sp³-hybridized carbons (Fsp3) is 0.316. The highest BCUT2D eigenvalue weighted by molar-refractivity contribution is 7.99. The third-order valence-corrected chi connectivity index (χ3v) is 4.94. The van der Waals surface area contributed by atoms with E-state index in [1.165, 1.54) is 10.5 Å². The van der Waals surface area contributed by atoms with E-state index in [-0.39, 0.29) is 5.91 Å². The van der Waals surface area contributed by atoms with Crippen LogP contribution in [0.25, 0.3) is 0 Å². The van der Waals surface area contributed by atoms with E-state index in [1.54, 1.807) is 30.8 Å². The van der Waals surface area contributed by atoms with Crippen molar-refractivity contribution in [1.82, 2.24) is 5.32 Å². The molecule has 0 heterocycles. The lowest BCUT2D eigenvalue weighted by Gasteiger charge is -2.15. The van der Waals surface area contributed by atoms with E-state index in [2.05, 4.69) is 36.5 Å². The molecule has 5 heteroatoms. The second kappa shape index (κ2) is 9.00. The summed E-state index contributed by atoms with van der Waals surface area (Å²) in [5.41, 5.74) is 2.17. The molecule has 1 unspecified atom stereocenters. The Hall–Kier alpha value is -1.65. The van der Waals surface area contributed by atoms with Crippen molar-refractivity contribution in [3.63, 3.8) is 0 Å². The zero-order valence-electron chi connectivity index (χ0n) is 14.1. The summed E-state index contributed by atoms with van der Waals surface area (Å²) in [7, 11) is 0. The molecule has 0 aromatic heterocycles. The molecule has 0 bridgehead atoms. The van der Waals surface area contributed by atoms with Crippen molar-refractivity contribution in [2.24, 2.45) is 0 Å². The lowest BCUT2D eigenvalue weighted by molar-refractivity contribution is -0.127. The van der Waals surface area contributed by atoms with Gasteiger partial charge in [0.25, 0.3) is 5.91 Å². The molecule has 0 saturated heterocycles. The Morgan fingerprint density at radius 1 is 1.21 bits per heavy atom. The first-order valence-electron chi connectivity index (χ1n) is 7.85. The van der Waals surface area contributed by atoms with Gasteiger partial charge in [0.2, 0.25) is 0 Å². The van der Waals surface area contributed by atoms with Crippen LogP contribution in [0.5, 0.6) is 5.75 Å². The summed E-state index contributed by atoms with van der Waals surface area (Å²) in [4.78, 5) is 13.3. The van der Waals surface area contributed by atoms with Gasteiger partial charge in [-0.05, 0) is 56.7 Å². The number of carbonyl (C=O) groups is 1. The lowest BCUT2D eigenvalue weighted by Crippen LogP contribution is -2.37. The fourth-order valence-electron chi connectivity index (χ4n) is 2.07. The molecular formula is C19H22ClNO2S. The van der Waals surface area contributed by atoms with Gasteiger partial charge in [-0.3, -0.25) is 4.79 Å². The van der Waals surface area contributed by atoms with Crippen molar-refractivity contribution in [2.45, 2.75) is 31.8 Å². The van der Waals surface area contributed by atoms with Gasteiger partial charge in [-0.1, -0.05) is 29.3 Å². The summed E-state index contributed by atoms with van der Waals surface area (Å²) in [5, 5.41) is 3.59. The van der Waals surface area contributed by atoms with Crippen LogP contribution in [0.15, 0.2) is 47.4 Å². The molecule has 0 saturated carbocycles. The first kappa shape index (κ1) is 18.7. The Balaban J connectivity index is 1.73. The average Bonchev–Trinajstić information content (AvgIpc) is 2.56. The minimum Gasteiger partial charge on any atom is -0.481 e. The zero-order valence-corrected chi connectivity index (χ0v) is 15.7. The van der Waals surface area contributed by atoms with Gasteiger partial charge in [0.05, 0.1) is 0 Å². The minimum atomic E-state index is -0.546. The number of carbonyl (C=O) groups excluding carboxylic acids is 1. The van der Waals surface area contributed by atoms with Crippen molar-refractivity contribution in [3.05, 3.63) is 58.6 Å². The first-order chi connectivity index (χ1) is 11.5. The van der Waals surface area contributed by atoms with Crippen molar-refractivity contribution in [1.29, 1.82) is 0 Å². The summed E-state index contributed by atoms with van der Waals surface area (Å²) in [6.07, 6.45) is -0.546. The van der Waals surface area contributed by atoms with Crippen LogP contribution >= 0.6 is 23.4 Å². The summed E-state index contributed by atoms with van der Waals surface area (Å²) in [6, 6.07) is 13.7. The number of benzene rings is 2. The van der Waals surface area contributed by atoms with Crippen LogP contribution in [0.3, 0.4) is 0 Å². The van der Waals surface area contributed by atoms with Crippen LogP contribution in [-0.2, 0) is 4.79 Å². The third-order valence-electron chi connectivity index (χ3n) is 3.50. The van der Waals surface area contributed by atoms with Gasteiger partial charge in [0.1, 0.15) is 5.75 Å². The summed E-state index contributed by atoms with van der Waals surface area (Å²) in [5.74, 6) is 1.35. The normalized spacial score (nSPS) is 11.8. The molecular weight excluding hydrogens is 342 g/mol. The van der Waals surface area contributed by atoms with Crippen molar-refractivity contribution < 1.29 is 9.53 Å². The number of rotatable bonds is 7. The third kappa shape index (κ3) is 5.77. The van der Waals surface area contributed by atoms with E-state index in [1.807, 2.05) is 13.0 Å². The predicted octanol–water partition coefficient (Wildman–Crippen LogP) is 4.63. The van der Waals surface area contributed by atoms with Gasteiger partial charge >= 0.3 is 0 Å². The van der Waals surface area contributed by atoms with E-state index in [0.717, 1.165) is 11.3 Å². The van der Waals surface area contributed by atoms with Crippen LogP contribution < -0.4 is 10.1 Å². The molecule has 2 rings (SSSR count). The van der Waals surface area contributed by atoms with Crippen LogP contribution in [0, 0.1) is 13.8 Å².